The molecule has 2 aliphatic heterocycles. The Bertz CT molecular complexity index is 1310. The zero-order chi connectivity index (χ0) is 24.4. The van der Waals surface area contributed by atoms with Gasteiger partial charge < -0.3 is 14.6 Å². The summed E-state index contributed by atoms with van der Waals surface area (Å²) < 4.78 is 33.2. The van der Waals surface area contributed by atoms with Gasteiger partial charge in [0.2, 0.25) is 15.9 Å². The Morgan fingerprint density at radius 2 is 1.89 bits per heavy atom. The number of carbonyl (C=O) groups is 1. The van der Waals surface area contributed by atoms with E-state index in [0.29, 0.717) is 31.1 Å². The fourth-order valence-corrected chi connectivity index (χ4v) is 6.53. The number of amides is 1. The Morgan fingerprint density at radius 3 is 2.66 bits per heavy atom. The molecular weight excluding hydrogens is 464 g/mol. The van der Waals surface area contributed by atoms with E-state index in [1.54, 1.807) is 22.5 Å². The zero-order valence-corrected chi connectivity index (χ0v) is 20.9. The van der Waals surface area contributed by atoms with Crippen molar-refractivity contribution in [1.82, 2.24) is 14.6 Å². The van der Waals surface area contributed by atoms with E-state index in [-0.39, 0.29) is 11.8 Å². The van der Waals surface area contributed by atoms with E-state index < -0.39 is 10.0 Å². The van der Waals surface area contributed by atoms with Crippen LogP contribution in [0.1, 0.15) is 43.6 Å². The molecule has 1 aromatic carbocycles. The molecule has 1 atom stereocenters. The number of nitrogens with zero attached hydrogens (tertiary/aromatic N) is 3. The summed E-state index contributed by atoms with van der Waals surface area (Å²) in [5.74, 6) is 2.30. The molecule has 0 spiro atoms. The number of nitrogens with one attached hydrogen (secondary N) is 1. The Hall–Kier alpha value is -2.91. The monoisotopic (exact) mass is 496 g/mol. The first kappa shape index (κ1) is 23.8. The second-order valence-corrected chi connectivity index (χ2v) is 11.4. The largest absolute Gasteiger partial charge is 0.465 e. The summed E-state index contributed by atoms with van der Waals surface area (Å²) in [5.41, 5.74) is 0.750. The number of pyridine rings is 1. The van der Waals surface area contributed by atoms with Crippen molar-refractivity contribution >= 4 is 32.7 Å². The van der Waals surface area contributed by atoms with Crippen molar-refractivity contribution in [3.63, 3.8) is 0 Å². The molecule has 2 aromatic heterocycles. The van der Waals surface area contributed by atoms with Crippen molar-refractivity contribution in [3.05, 3.63) is 54.0 Å². The molecule has 0 bridgehead atoms. The van der Waals surface area contributed by atoms with Gasteiger partial charge in [-0.25, -0.2) is 13.4 Å². The number of anilines is 1. The van der Waals surface area contributed by atoms with Gasteiger partial charge in [-0.1, -0.05) is 6.42 Å². The van der Waals surface area contributed by atoms with Gasteiger partial charge in [-0.05, 0) is 75.1 Å². The maximum Gasteiger partial charge on any atom is 0.243 e. The highest BCUT2D eigenvalue weighted by Gasteiger charge is 2.28. The van der Waals surface area contributed by atoms with Crippen molar-refractivity contribution in [2.24, 2.45) is 5.92 Å². The van der Waals surface area contributed by atoms with Gasteiger partial charge in [-0.3, -0.25) is 4.79 Å². The van der Waals surface area contributed by atoms with Crippen LogP contribution in [0.25, 0.3) is 10.9 Å². The van der Waals surface area contributed by atoms with E-state index in [1.807, 2.05) is 31.2 Å². The summed E-state index contributed by atoms with van der Waals surface area (Å²) in [6, 6.07) is 12.8. The van der Waals surface area contributed by atoms with Crippen LogP contribution in [0.3, 0.4) is 0 Å². The van der Waals surface area contributed by atoms with Gasteiger partial charge in [-0.15, -0.1) is 0 Å². The summed E-state index contributed by atoms with van der Waals surface area (Å²) in [6.45, 7) is 4.88. The van der Waals surface area contributed by atoms with Crippen LogP contribution < -0.4 is 10.2 Å². The lowest BCUT2D eigenvalue weighted by Gasteiger charge is -2.33. The van der Waals surface area contributed by atoms with Crippen LogP contribution in [-0.4, -0.2) is 49.8 Å². The normalized spacial score (nSPS) is 19.7. The summed E-state index contributed by atoms with van der Waals surface area (Å²) in [7, 11) is -3.48. The van der Waals surface area contributed by atoms with Gasteiger partial charge in [-0.2, -0.15) is 4.31 Å². The maximum absolute atomic E-state index is 13.0. The minimum Gasteiger partial charge on any atom is -0.465 e. The third-order valence-electron chi connectivity index (χ3n) is 6.95. The van der Waals surface area contributed by atoms with Gasteiger partial charge in [0.15, 0.2) is 0 Å². The molecule has 35 heavy (non-hydrogen) atoms. The van der Waals surface area contributed by atoms with E-state index in [2.05, 4.69) is 10.2 Å². The topological polar surface area (TPSA) is 95.8 Å². The molecule has 1 unspecified atom stereocenters. The lowest BCUT2D eigenvalue weighted by molar-refractivity contribution is -0.125. The van der Waals surface area contributed by atoms with Gasteiger partial charge >= 0.3 is 0 Å². The molecule has 9 heteroatoms. The van der Waals surface area contributed by atoms with Gasteiger partial charge in [0.1, 0.15) is 17.3 Å². The minimum atomic E-state index is -3.48. The lowest BCUT2D eigenvalue weighted by Crippen LogP contribution is -2.43. The average Bonchev–Trinajstić information content (AvgIpc) is 3.32. The van der Waals surface area contributed by atoms with Gasteiger partial charge in [0.05, 0.1) is 22.9 Å². The maximum atomic E-state index is 13.0. The number of piperidine rings is 2. The molecule has 5 rings (SSSR count). The molecule has 1 N–H and O–H groups in total. The Morgan fingerprint density at radius 1 is 1.06 bits per heavy atom. The third-order valence-corrected chi connectivity index (χ3v) is 8.84. The second-order valence-electron chi connectivity index (χ2n) is 9.50. The lowest BCUT2D eigenvalue weighted by atomic mass is 9.97. The van der Waals surface area contributed by atoms with E-state index in [0.717, 1.165) is 66.9 Å². The SMILES string of the molecule is Cc1ccc(CNC(=O)C2CCCN(c3ccc4cc(S(=O)(=O)N5CCCCC5)ccc4n3)C2)o1. The van der Waals surface area contributed by atoms with Crippen molar-refractivity contribution in [2.45, 2.75) is 50.5 Å². The third kappa shape index (κ3) is 5.21. The second kappa shape index (κ2) is 9.99. The Labute approximate surface area is 206 Å². The first-order valence-electron chi connectivity index (χ1n) is 12.4. The quantitative estimate of drug-likeness (QED) is 0.557. The first-order chi connectivity index (χ1) is 16.9. The molecule has 3 aromatic rings. The molecule has 4 heterocycles. The van der Waals surface area contributed by atoms with Gasteiger partial charge in [0.25, 0.3) is 0 Å². The smallest absolute Gasteiger partial charge is 0.243 e. The number of aromatic nitrogens is 1. The van der Waals surface area contributed by atoms with Crippen molar-refractivity contribution in [1.29, 1.82) is 0 Å². The van der Waals surface area contributed by atoms with Crippen LogP contribution >= 0.6 is 0 Å². The molecule has 186 valence electrons. The van der Waals surface area contributed by atoms with Crippen LogP contribution in [0.4, 0.5) is 5.82 Å². The predicted octanol–water partition coefficient (Wildman–Crippen LogP) is 3.84. The summed E-state index contributed by atoms with van der Waals surface area (Å²) in [5, 5.41) is 3.79. The number of hydrogen-bond donors (Lipinski definition) is 1. The summed E-state index contributed by atoms with van der Waals surface area (Å²) in [6.07, 6.45) is 4.65. The molecular formula is C26H32N4O4S. The molecule has 2 aliphatic rings. The first-order valence-corrected chi connectivity index (χ1v) is 13.8. The number of furan rings is 1. The van der Waals surface area contributed by atoms with E-state index in [4.69, 9.17) is 9.40 Å². The molecule has 0 aliphatic carbocycles. The molecule has 1 amide bonds. The highest BCUT2D eigenvalue weighted by Crippen LogP contribution is 2.27. The van der Waals surface area contributed by atoms with E-state index >= 15 is 0 Å². The number of rotatable bonds is 6. The van der Waals surface area contributed by atoms with Crippen LogP contribution in [-0.2, 0) is 21.4 Å². The number of benzene rings is 1. The van der Waals surface area contributed by atoms with Crippen molar-refractivity contribution in [3.8, 4) is 0 Å². The molecule has 2 fully saturated rings. The van der Waals surface area contributed by atoms with Gasteiger partial charge in [0, 0.05) is 31.6 Å². The van der Waals surface area contributed by atoms with Crippen LogP contribution in [0.15, 0.2) is 51.8 Å². The number of hydrogen-bond acceptors (Lipinski definition) is 6. The molecule has 2 saturated heterocycles. The number of carbonyl (C=O) groups excluding carboxylic acids is 1. The Balaban J connectivity index is 1.27. The zero-order valence-electron chi connectivity index (χ0n) is 20.1. The summed E-state index contributed by atoms with van der Waals surface area (Å²) in [4.78, 5) is 20.0. The molecule has 8 nitrogen and oxygen atoms in total. The molecule has 0 radical (unpaired) electrons. The van der Waals surface area contributed by atoms with Crippen molar-refractivity contribution < 1.29 is 17.6 Å². The van der Waals surface area contributed by atoms with Crippen LogP contribution in [0.2, 0.25) is 0 Å². The van der Waals surface area contributed by atoms with E-state index in [9.17, 15) is 13.2 Å². The standard InChI is InChI=1S/C26H32N4O4S/c1-19-7-9-22(34-19)17-27-26(31)21-6-5-13-29(18-21)25-12-8-20-16-23(10-11-24(20)28-25)35(32,33)30-14-3-2-4-15-30/h7-12,16,21H,2-6,13-15,17-18H2,1H3,(H,27,31). The average molecular weight is 497 g/mol. The highest BCUT2D eigenvalue weighted by atomic mass is 32.2. The van der Waals surface area contributed by atoms with Crippen LogP contribution in [0.5, 0.6) is 0 Å². The number of aryl methyl sites for hydroxylation is 1. The number of sulfonamides is 1. The van der Waals surface area contributed by atoms with Crippen LogP contribution in [0, 0.1) is 12.8 Å². The van der Waals surface area contributed by atoms with E-state index in [1.165, 1.54) is 0 Å². The fraction of sp³-hybridized carbons (Fsp3) is 0.462. The number of fused-ring (bicyclic) bond motifs is 1. The summed E-state index contributed by atoms with van der Waals surface area (Å²) >= 11 is 0. The molecule has 0 saturated carbocycles. The van der Waals surface area contributed by atoms with Crippen molar-refractivity contribution in [2.75, 3.05) is 31.1 Å². The highest BCUT2D eigenvalue weighted by molar-refractivity contribution is 7.89. The fourth-order valence-electron chi connectivity index (χ4n) is 4.98. The predicted molar refractivity (Wildman–Crippen MR) is 135 cm³/mol. The minimum absolute atomic E-state index is 0.0251. The Kier molecular flexibility index (Phi) is 6.80.